The summed E-state index contributed by atoms with van der Waals surface area (Å²) in [5.41, 5.74) is 9.84. The summed E-state index contributed by atoms with van der Waals surface area (Å²) in [7, 11) is 0. The van der Waals surface area contributed by atoms with Crippen molar-refractivity contribution in [1.82, 2.24) is 14.4 Å². The summed E-state index contributed by atoms with van der Waals surface area (Å²) in [4.78, 5) is 8.77. The molecule has 0 radical (unpaired) electrons. The van der Waals surface area contributed by atoms with E-state index in [2.05, 4.69) is 16.9 Å². The Hall–Kier alpha value is -2.10. The highest BCUT2D eigenvalue weighted by molar-refractivity contribution is 5.84. The zero-order valence-electron chi connectivity index (χ0n) is 9.01. The summed E-state index contributed by atoms with van der Waals surface area (Å²) in [5.74, 6) is 0.549. The molecule has 0 aliphatic heterocycles. The molecule has 0 saturated carbocycles. The quantitative estimate of drug-likeness (QED) is 0.671. The Morgan fingerprint density at radius 3 is 2.94 bits per heavy atom. The number of hydrogen-bond acceptors (Lipinski definition) is 3. The van der Waals surface area contributed by atoms with Gasteiger partial charge < -0.3 is 5.73 Å². The summed E-state index contributed by atoms with van der Waals surface area (Å²) < 4.78 is 2.01. The first-order valence-corrected chi connectivity index (χ1v) is 5.31. The number of anilines is 1. The van der Waals surface area contributed by atoms with Gasteiger partial charge in [-0.05, 0) is 18.6 Å². The lowest BCUT2D eigenvalue weighted by Crippen LogP contribution is -1.98. The topological polar surface area (TPSA) is 56.2 Å². The van der Waals surface area contributed by atoms with E-state index in [-0.39, 0.29) is 0 Å². The minimum atomic E-state index is 0.549. The van der Waals surface area contributed by atoms with Gasteiger partial charge in [0.25, 0.3) is 0 Å². The van der Waals surface area contributed by atoms with Crippen LogP contribution in [0.25, 0.3) is 16.6 Å². The van der Waals surface area contributed by atoms with Crippen LogP contribution in [-0.2, 0) is 6.42 Å². The minimum Gasteiger partial charge on any atom is -0.382 e. The second-order valence-corrected chi connectivity index (χ2v) is 3.75. The second kappa shape index (κ2) is 3.20. The molecule has 3 aromatic rings. The SMILES string of the molecule is CCc1ncn2c1c(N)nc1ccccc12. The van der Waals surface area contributed by atoms with Crippen molar-refractivity contribution in [1.29, 1.82) is 0 Å². The number of para-hydroxylation sites is 2. The minimum absolute atomic E-state index is 0.549. The molecule has 0 bridgehead atoms. The molecule has 4 nitrogen and oxygen atoms in total. The Morgan fingerprint density at radius 2 is 2.12 bits per heavy atom. The van der Waals surface area contributed by atoms with E-state index >= 15 is 0 Å². The summed E-state index contributed by atoms with van der Waals surface area (Å²) >= 11 is 0. The van der Waals surface area contributed by atoms with Gasteiger partial charge in [-0.2, -0.15) is 0 Å². The number of fused-ring (bicyclic) bond motifs is 3. The fourth-order valence-corrected chi connectivity index (χ4v) is 2.04. The molecule has 1 aromatic carbocycles. The molecule has 2 aromatic heterocycles. The van der Waals surface area contributed by atoms with Crippen molar-refractivity contribution in [3.05, 3.63) is 36.3 Å². The fraction of sp³-hybridized carbons (Fsp3) is 0.167. The van der Waals surface area contributed by atoms with Crippen molar-refractivity contribution < 1.29 is 0 Å². The first-order chi connectivity index (χ1) is 7.81. The molecular weight excluding hydrogens is 200 g/mol. The molecule has 4 heteroatoms. The number of nitrogens with two attached hydrogens (primary N) is 1. The van der Waals surface area contributed by atoms with Crippen LogP contribution in [0.1, 0.15) is 12.6 Å². The number of aryl methyl sites for hydroxylation is 1. The van der Waals surface area contributed by atoms with Crippen LogP contribution in [0, 0.1) is 0 Å². The molecule has 2 N–H and O–H groups in total. The van der Waals surface area contributed by atoms with Crippen LogP contribution >= 0.6 is 0 Å². The Bertz CT molecular complexity index is 669. The largest absolute Gasteiger partial charge is 0.382 e. The van der Waals surface area contributed by atoms with E-state index < -0.39 is 0 Å². The highest BCUT2D eigenvalue weighted by atomic mass is 15.0. The molecule has 0 unspecified atom stereocenters. The maximum atomic E-state index is 5.97. The standard InChI is InChI=1S/C12H12N4/c1-2-8-11-12(13)15-9-5-3-4-6-10(9)16(11)7-14-8/h3-7H,2H2,1H3,(H2,13,15). The number of hydrogen-bond donors (Lipinski definition) is 1. The fourth-order valence-electron chi connectivity index (χ4n) is 2.04. The molecule has 3 rings (SSSR count). The van der Waals surface area contributed by atoms with Gasteiger partial charge in [0.1, 0.15) is 17.7 Å². The Labute approximate surface area is 92.7 Å². The molecule has 16 heavy (non-hydrogen) atoms. The molecule has 0 fully saturated rings. The average molecular weight is 212 g/mol. The predicted molar refractivity (Wildman–Crippen MR) is 64.3 cm³/mol. The number of benzene rings is 1. The zero-order chi connectivity index (χ0) is 11.1. The first kappa shape index (κ1) is 9.15. The monoisotopic (exact) mass is 212 g/mol. The lowest BCUT2D eigenvalue weighted by atomic mass is 10.2. The number of aromatic nitrogens is 3. The van der Waals surface area contributed by atoms with Crippen LogP contribution in [0.3, 0.4) is 0 Å². The molecule has 0 saturated heterocycles. The molecule has 0 amide bonds. The van der Waals surface area contributed by atoms with Crippen LogP contribution in [-0.4, -0.2) is 14.4 Å². The van der Waals surface area contributed by atoms with E-state index in [4.69, 9.17) is 5.73 Å². The van der Waals surface area contributed by atoms with Crippen LogP contribution < -0.4 is 5.73 Å². The summed E-state index contributed by atoms with van der Waals surface area (Å²) in [6.07, 6.45) is 2.68. The van der Waals surface area contributed by atoms with E-state index in [9.17, 15) is 0 Å². The van der Waals surface area contributed by atoms with Gasteiger partial charge in [0, 0.05) is 0 Å². The van der Waals surface area contributed by atoms with E-state index in [0.29, 0.717) is 5.82 Å². The lowest BCUT2D eigenvalue weighted by Gasteiger charge is -2.04. The molecule has 80 valence electrons. The highest BCUT2D eigenvalue weighted by Gasteiger charge is 2.10. The summed E-state index contributed by atoms with van der Waals surface area (Å²) in [6.45, 7) is 2.07. The smallest absolute Gasteiger partial charge is 0.150 e. The van der Waals surface area contributed by atoms with Crippen LogP contribution in [0.4, 0.5) is 5.82 Å². The van der Waals surface area contributed by atoms with Gasteiger partial charge in [-0.3, -0.25) is 4.40 Å². The van der Waals surface area contributed by atoms with Gasteiger partial charge in [0.15, 0.2) is 0 Å². The van der Waals surface area contributed by atoms with E-state index in [1.54, 1.807) is 0 Å². The third kappa shape index (κ3) is 1.10. The van der Waals surface area contributed by atoms with Gasteiger partial charge in [-0.25, -0.2) is 9.97 Å². The Balaban J connectivity index is 2.56. The summed E-state index contributed by atoms with van der Waals surface area (Å²) in [6, 6.07) is 7.93. The third-order valence-corrected chi connectivity index (χ3v) is 2.80. The van der Waals surface area contributed by atoms with Crippen molar-refractivity contribution >= 4 is 22.4 Å². The molecule has 0 aliphatic rings. The Morgan fingerprint density at radius 1 is 1.31 bits per heavy atom. The second-order valence-electron chi connectivity index (χ2n) is 3.75. The predicted octanol–water partition coefficient (Wildman–Crippen LogP) is 2.03. The average Bonchev–Trinajstić information content (AvgIpc) is 2.74. The zero-order valence-corrected chi connectivity index (χ0v) is 9.01. The molecule has 0 aliphatic carbocycles. The molecule has 0 spiro atoms. The first-order valence-electron chi connectivity index (χ1n) is 5.31. The van der Waals surface area contributed by atoms with E-state index in [0.717, 1.165) is 28.7 Å². The van der Waals surface area contributed by atoms with Crippen LogP contribution in [0.15, 0.2) is 30.6 Å². The maximum Gasteiger partial charge on any atom is 0.150 e. The van der Waals surface area contributed by atoms with Gasteiger partial charge >= 0.3 is 0 Å². The normalized spacial score (nSPS) is 11.3. The number of nitrogen functional groups attached to an aromatic ring is 1. The van der Waals surface area contributed by atoms with Crippen LogP contribution in [0.5, 0.6) is 0 Å². The van der Waals surface area contributed by atoms with Crippen molar-refractivity contribution in [2.75, 3.05) is 5.73 Å². The maximum absolute atomic E-state index is 5.97. The van der Waals surface area contributed by atoms with Crippen molar-refractivity contribution in [3.8, 4) is 0 Å². The van der Waals surface area contributed by atoms with Gasteiger partial charge in [-0.15, -0.1) is 0 Å². The van der Waals surface area contributed by atoms with Crippen molar-refractivity contribution in [3.63, 3.8) is 0 Å². The molecule has 0 atom stereocenters. The van der Waals surface area contributed by atoms with E-state index in [1.807, 2.05) is 35.0 Å². The van der Waals surface area contributed by atoms with E-state index in [1.165, 1.54) is 0 Å². The highest BCUT2D eigenvalue weighted by Crippen LogP contribution is 2.22. The number of nitrogens with zero attached hydrogens (tertiary/aromatic N) is 3. The van der Waals surface area contributed by atoms with Crippen molar-refractivity contribution in [2.45, 2.75) is 13.3 Å². The van der Waals surface area contributed by atoms with Gasteiger partial charge in [0.05, 0.1) is 16.7 Å². The number of imidazole rings is 1. The third-order valence-electron chi connectivity index (χ3n) is 2.80. The summed E-state index contributed by atoms with van der Waals surface area (Å²) in [5, 5.41) is 0. The molecule has 2 heterocycles. The number of rotatable bonds is 1. The van der Waals surface area contributed by atoms with Gasteiger partial charge in [-0.1, -0.05) is 19.1 Å². The van der Waals surface area contributed by atoms with Crippen molar-refractivity contribution in [2.24, 2.45) is 0 Å². The lowest BCUT2D eigenvalue weighted by molar-refractivity contribution is 1.07. The molecular formula is C12H12N4. The van der Waals surface area contributed by atoms with Gasteiger partial charge in [0.2, 0.25) is 0 Å². The van der Waals surface area contributed by atoms with Crippen LogP contribution in [0.2, 0.25) is 0 Å². The Kier molecular flexibility index (Phi) is 1.83.